The van der Waals surface area contributed by atoms with Gasteiger partial charge in [0.1, 0.15) is 0 Å². The maximum absolute atomic E-state index is 8.28. The Hall–Kier alpha value is -0.180. The van der Waals surface area contributed by atoms with E-state index in [1.54, 1.807) is 0 Å². The lowest BCUT2D eigenvalue weighted by Crippen LogP contribution is -2.45. The normalized spacial score (nSPS) is 33.3. The van der Waals surface area contributed by atoms with Crippen molar-refractivity contribution in [2.45, 2.75) is 50.0 Å². The number of rotatable bonds is 1. The van der Waals surface area contributed by atoms with E-state index in [2.05, 4.69) is 30.5 Å². The van der Waals surface area contributed by atoms with Crippen LogP contribution in [-0.2, 0) is 0 Å². The Morgan fingerprint density at radius 3 is 2.20 bits per heavy atom. The van der Waals surface area contributed by atoms with Crippen LogP contribution in [0.4, 0.5) is 0 Å². The lowest BCUT2D eigenvalue weighted by Gasteiger charge is -2.37. The van der Waals surface area contributed by atoms with Gasteiger partial charge in [0.05, 0.1) is 5.84 Å². The molecule has 0 amide bonds. The van der Waals surface area contributed by atoms with Crippen molar-refractivity contribution in [1.29, 1.82) is 5.41 Å². The van der Waals surface area contributed by atoms with E-state index in [1.165, 1.54) is 25.7 Å². The van der Waals surface area contributed by atoms with Crippen molar-refractivity contribution in [3.05, 3.63) is 0 Å². The van der Waals surface area contributed by atoms with Crippen molar-refractivity contribution >= 4 is 17.6 Å². The van der Waals surface area contributed by atoms with Crippen LogP contribution in [0.5, 0.6) is 0 Å². The van der Waals surface area contributed by atoms with Crippen molar-refractivity contribution in [3.8, 4) is 0 Å². The van der Waals surface area contributed by atoms with Gasteiger partial charge < -0.3 is 4.90 Å². The molecule has 2 unspecified atom stereocenters. The fraction of sp³-hybridized carbons (Fsp3) is 0.917. The number of nitrogens with zero attached hydrogens (tertiary/aromatic N) is 1. The lowest BCUT2D eigenvalue weighted by atomic mass is 10.1. The van der Waals surface area contributed by atoms with Crippen LogP contribution in [0.1, 0.15) is 39.5 Å². The zero-order valence-electron chi connectivity index (χ0n) is 9.83. The molecule has 1 aliphatic heterocycles. The molecule has 1 saturated carbocycles. The Morgan fingerprint density at radius 1 is 1.13 bits per heavy atom. The van der Waals surface area contributed by atoms with Crippen LogP contribution in [0.2, 0.25) is 0 Å². The molecule has 0 spiro atoms. The molecule has 2 rings (SSSR count). The average Bonchev–Trinajstić information content (AvgIpc) is 2.67. The molecule has 2 nitrogen and oxygen atoms in total. The van der Waals surface area contributed by atoms with Crippen molar-refractivity contribution in [1.82, 2.24) is 4.90 Å². The summed E-state index contributed by atoms with van der Waals surface area (Å²) in [5.41, 5.74) is 0. The predicted octanol–water partition coefficient (Wildman–Crippen LogP) is 2.98. The maximum Gasteiger partial charge on any atom is 0.0990 e. The Bertz CT molecular complexity index is 226. The summed E-state index contributed by atoms with van der Waals surface area (Å²) < 4.78 is 0. The van der Waals surface area contributed by atoms with Gasteiger partial charge in [-0.15, -0.1) is 0 Å². The molecule has 86 valence electrons. The molecule has 0 aromatic heterocycles. The topological polar surface area (TPSA) is 27.1 Å². The molecule has 0 radical (unpaired) electrons. The summed E-state index contributed by atoms with van der Waals surface area (Å²) in [6, 6.07) is 0. The number of hydrogen-bond acceptors (Lipinski definition) is 2. The molecule has 0 bridgehead atoms. The van der Waals surface area contributed by atoms with Crippen LogP contribution in [0.3, 0.4) is 0 Å². The van der Waals surface area contributed by atoms with E-state index in [0.29, 0.717) is 16.4 Å². The number of nitrogens with one attached hydrogen (secondary N) is 1. The third kappa shape index (κ3) is 2.68. The number of amidine groups is 1. The molecular formula is C12H22N2S. The Morgan fingerprint density at radius 2 is 1.67 bits per heavy atom. The SMILES string of the molecule is CC1CN(C(=N)C2CCCC2)CC(C)S1. The van der Waals surface area contributed by atoms with Gasteiger partial charge in [-0.1, -0.05) is 26.7 Å². The second-order valence-corrected chi connectivity index (χ2v) is 6.91. The average molecular weight is 226 g/mol. The number of thioether (sulfide) groups is 1. The van der Waals surface area contributed by atoms with E-state index in [4.69, 9.17) is 5.41 Å². The van der Waals surface area contributed by atoms with Crippen LogP contribution in [-0.4, -0.2) is 34.3 Å². The molecule has 0 aromatic carbocycles. The molecule has 1 aliphatic carbocycles. The first-order valence-electron chi connectivity index (χ1n) is 6.15. The van der Waals surface area contributed by atoms with Gasteiger partial charge in [0, 0.05) is 29.5 Å². The third-order valence-corrected chi connectivity index (χ3v) is 4.73. The molecule has 1 heterocycles. The Kier molecular flexibility index (Phi) is 3.60. The largest absolute Gasteiger partial charge is 0.358 e. The van der Waals surface area contributed by atoms with E-state index in [1.807, 2.05) is 0 Å². The van der Waals surface area contributed by atoms with Crippen molar-refractivity contribution < 1.29 is 0 Å². The van der Waals surface area contributed by atoms with Gasteiger partial charge in [-0.25, -0.2) is 0 Å². The molecule has 1 saturated heterocycles. The highest BCUT2D eigenvalue weighted by Crippen LogP contribution is 2.30. The van der Waals surface area contributed by atoms with Crippen LogP contribution >= 0.6 is 11.8 Å². The highest BCUT2D eigenvalue weighted by molar-refractivity contribution is 8.00. The summed E-state index contributed by atoms with van der Waals surface area (Å²) in [5.74, 6) is 1.51. The summed E-state index contributed by atoms with van der Waals surface area (Å²) in [6.07, 6.45) is 5.18. The summed E-state index contributed by atoms with van der Waals surface area (Å²) in [7, 11) is 0. The summed E-state index contributed by atoms with van der Waals surface area (Å²) in [5, 5.41) is 9.66. The Balaban J connectivity index is 1.93. The summed E-state index contributed by atoms with van der Waals surface area (Å²) in [4.78, 5) is 2.34. The Labute approximate surface area is 97.3 Å². The predicted molar refractivity (Wildman–Crippen MR) is 67.8 cm³/mol. The third-order valence-electron chi connectivity index (χ3n) is 3.50. The molecular weight excluding hydrogens is 204 g/mol. The minimum atomic E-state index is 0.576. The standard InChI is InChI=1S/C12H22N2S/c1-9-7-14(8-10(2)15-9)12(13)11-5-3-4-6-11/h9-11,13H,3-8H2,1-2H3. The van der Waals surface area contributed by atoms with Gasteiger partial charge in [0.15, 0.2) is 0 Å². The zero-order chi connectivity index (χ0) is 10.8. The van der Waals surface area contributed by atoms with E-state index in [9.17, 15) is 0 Å². The molecule has 2 atom stereocenters. The zero-order valence-corrected chi connectivity index (χ0v) is 10.6. The summed E-state index contributed by atoms with van der Waals surface area (Å²) >= 11 is 2.07. The molecule has 1 N–H and O–H groups in total. The molecule has 3 heteroatoms. The van der Waals surface area contributed by atoms with Gasteiger partial charge in [0.25, 0.3) is 0 Å². The van der Waals surface area contributed by atoms with E-state index >= 15 is 0 Å². The maximum atomic E-state index is 8.28. The highest BCUT2D eigenvalue weighted by atomic mass is 32.2. The van der Waals surface area contributed by atoms with Crippen molar-refractivity contribution in [2.24, 2.45) is 5.92 Å². The van der Waals surface area contributed by atoms with Gasteiger partial charge in [-0.05, 0) is 12.8 Å². The quantitative estimate of drug-likeness (QED) is 0.550. The van der Waals surface area contributed by atoms with Gasteiger partial charge >= 0.3 is 0 Å². The van der Waals surface area contributed by atoms with Crippen molar-refractivity contribution in [2.75, 3.05) is 13.1 Å². The van der Waals surface area contributed by atoms with Crippen LogP contribution in [0.15, 0.2) is 0 Å². The van der Waals surface area contributed by atoms with Gasteiger partial charge in [0.2, 0.25) is 0 Å². The fourth-order valence-electron chi connectivity index (χ4n) is 2.83. The summed E-state index contributed by atoms with van der Waals surface area (Å²) in [6.45, 7) is 6.75. The first kappa shape index (κ1) is 11.3. The first-order chi connectivity index (χ1) is 7.16. The van der Waals surface area contributed by atoms with Crippen LogP contribution < -0.4 is 0 Å². The van der Waals surface area contributed by atoms with E-state index in [0.717, 1.165) is 18.9 Å². The molecule has 0 aromatic rings. The molecule has 2 fully saturated rings. The van der Waals surface area contributed by atoms with Crippen LogP contribution in [0.25, 0.3) is 0 Å². The van der Waals surface area contributed by atoms with E-state index < -0.39 is 0 Å². The van der Waals surface area contributed by atoms with Crippen LogP contribution in [0, 0.1) is 11.3 Å². The minimum Gasteiger partial charge on any atom is -0.358 e. The minimum absolute atomic E-state index is 0.576. The molecule has 2 aliphatic rings. The molecule has 15 heavy (non-hydrogen) atoms. The lowest BCUT2D eigenvalue weighted by molar-refractivity contribution is 0.383. The second kappa shape index (κ2) is 4.77. The highest BCUT2D eigenvalue weighted by Gasteiger charge is 2.29. The smallest absolute Gasteiger partial charge is 0.0990 e. The van der Waals surface area contributed by atoms with Gasteiger partial charge in [-0.2, -0.15) is 11.8 Å². The first-order valence-corrected chi connectivity index (χ1v) is 7.10. The number of hydrogen-bond donors (Lipinski definition) is 1. The second-order valence-electron chi connectivity index (χ2n) is 5.03. The monoisotopic (exact) mass is 226 g/mol. The van der Waals surface area contributed by atoms with Gasteiger partial charge in [-0.3, -0.25) is 5.41 Å². The fourth-order valence-corrected chi connectivity index (χ4v) is 4.16. The van der Waals surface area contributed by atoms with E-state index in [-0.39, 0.29) is 0 Å². The van der Waals surface area contributed by atoms with Crippen molar-refractivity contribution in [3.63, 3.8) is 0 Å².